The molecule has 1 aromatic heterocycles. The average Bonchev–Trinajstić information content (AvgIpc) is 2.52. The molecule has 0 aliphatic carbocycles. The Balaban J connectivity index is 1.95. The summed E-state index contributed by atoms with van der Waals surface area (Å²) in [5, 5.41) is 2.94. The molecule has 0 saturated carbocycles. The number of anilines is 1. The van der Waals surface area contributed by atoms with E-state index in [0.29, 0.717) is 11.7 Å². The summed E-state index contributed by atoms with van der Waals surface area (Å²) in [5.74, 6) is 3.14. The zero-order chi connectivity index (χ0) is 16.8. The van der Waals surface area contributed by atoms with Gasteiger partial charge in [0.1, 0.15) is 5.82 Å². The molecule has 1 aromatic rings. The van der Waals surface area contributed by atoms with Gasteiger partial charge in [-0.25, -0.2) is 9.78 Å². The van der Waals surface area contributed by atoms with Crippen LogP contribution in [0.5, 0.6) is 0 Å². The largest absolute Gasteiger partial charge is 0.324 e. The lowest BCUT2D eigenvalue weighted by molar-refractivity contribution is 0.113. The summed E-state index contributed by atoms with van der Waals surface area (Å²) >= 11 is 1.86. The van der Waals surface area contributed by atoms with Crippen molar-refractivity contribution in [2.75, 3.05) is 38.3 Å². The van der Waals surface area contributed by atoms with Crippen LogP contribution in [0.25, 0.3) is 0 Å². The van der Waals surface area contributed by atoms with Gasteiger partial charge in [0.2, 0.25) is 0 Å². The fraction of sp³-hybridized carbons (Fsp3) is 0.647. The second kappa shape index (κ2) is 8.55. The number of urea groups is 1. The molecule has 2 amide bonds. The van der Waals surface area contributed by atoms with Gasteiger partial charge in [-0.2, -0.15) is 11.8 Å². The molecule has 2 rings (SSSR count). The maximum atomic E-state index is 12.5. The van der Waals surface area contributed by atoms with Crippen molar-refractivity contribution in [2.45, 2.75) is 32.1 Å². The third-order valence-electron chi connectivity index (χ3n) is 4.41. The molecule has 128 valence electrons. The van der Waals surface area contributed by atoms with Gasteiger partial charge in [0.15, 0.2) is 0 Å². The van der Waals surface area contributed by atoms with Crippen molar-refractivity contribution in [3.63, 3.8) is 0 Å². The van der Waals surface area contributed by atoms with Crippen LogP contribution in [-0.2, 0) is 5.75 Å². The molecule has 0 bridgehead atoms. The van der Waals surface area contributed by atoms with E-state index in [-0.39, 0.29) is 12.1 Å². The molecule has 1 N–H and O–H groups in total. The Morgan fingerprint density at radius 2 is 2.35 bits per heavy atom. The van der Waals surface area contributed by atoms with Crippen LogP contribution in [-0.4, -0.2) is 59.8 Å². The molecule has 2 heterocycles. The van der Waals surface area contributed by atoms with E-state index in [4.69, 9.17) is 0 Å². The first-order chi connectivity index (χ1) is 11.0. The Bertz CT molecular complexity index is 525. The number of pyridine rings is 1. The van der Waals surface area contributed by atoms with E-state index in [0.717, 1.165) is 31.0 Å². The van der Waals surface area contributed by atoms with Crippen molar-refractivity contribution in [3.8, 4) is 0 Å². The molecule has 6 heteroatoms. The fourth-order valence-electron chi connectivity index (χ4n) is 3.12. The van der Waals surface area contributed by atoms with Crippen LogP contribution in [0.1, 0.15) is 25.8 Å². The Labute approximate surface area is 143 Å². The van der Waals surface area contributed by atoms with Gasteiger partial charge in [-0.1, -0.05) is 13.8 Å². The smallest absolute Gasteiger partial charge is 0.323 e. The number of nitrogens with one attached hydrogen (secondary N) is 1. The molecule has 23 heavy (non-hydrogen) atoms. The number of amides is 2. The summed E-state index contributed by atoms with van der Waals surface area (Å²) in [5.41, 5.74) is 1.19. The van der Waals surface area contributed by atoms with Gasteiger partial charge in [0.05, 0.1) is 0 Å². The number of carbonyl (C=O) groups is 1. The van der Waals surface area contributed by atoms with Crippen LogP contribution in [0, 0.1) is 5.92 Å². The predicted molar refractivity (Wildman–Crippen MR) is 97.9 cm³/mol. The van der Waals surface area contributed by atoms with Crippen LogP contribution in [0.3, 0.4) is 0 Å². The molecule has 1 fully saturated rings. The average molecular weight is 337 g/mol. The second-order valence-corrected chi connectivity index (χ2v) is 7.60. The van der Waals surface area contributed by atoms with Gasteiger partial charge in [0, 0.05) is 31.6 Å². The first-order valence-corrected chi connectivity index (χ1v) is 9.41. The summed E-state index contributed by atoms with van der Waals surface area (Å²) in [6, 6.07) is 4.18. The van der Waals surface area contributed by atoms with E-state index in [1.54, 1.807) is 6.20 Å². The molecule has 0 radical (unpaired) electrons. The molecular weight excluding hydrogens is 308 g/mol. The first kappa shape index (κ1) is 18.1. The number of aromatic nitrogens is 1. The van der Waals surface area contributed by atoms with Crippen LogP contribution in [0.4, 0.5) is 10.6 Å². The topological polar surface area (TPSA) is 48.5 Å². The molecule has 0 aromatic carbocycles. The fourth-order valence-corrected chi connectivity index (χ4v) is 3.74. The van der Waals surface area contributed by atoms with Crippen molar-refractivity contribution >= 4 is 23.6 Å². The Kier molecular flexibility index (Phi) is 6.72. The zero-order valence-electron chi connectivity index (χ0n) is 14.6. The summed E-state index contributed by atoms with van der Waals surface area (Å²) in [4.78, 5) is 21.0. The van der Waals surface area contributed by atoms with E-state index < -0.39 is 0 Å². The van der Waals surface area contributed by atoms with Crippen molar-refractivity contribution in [1.82, 2.24) is 14.8 Å². The Hall–Kier alpha value is -1.27. The normalized spacial score (nSPS) is 21.9. The van der Waals surface area contributed by atoms with Gasteiger partial charge in [0.25, 0.3) is 0 Å². The summed E-state index contributed by atoms with van der Waals surface area (Å²) < 4.78 is 0. The SMILES string of the molecule is CCSCc1ccnc(NC(=O)N(C)[C@H]2CCN(C)C[C@@H]2C)c1. The van der Waals surface area contributed by atoms with E-state index >= 15 is 0 Å². The van der Waals surface area contributed by atoms with E-state index in [1.807, 2.05) is 35.8 Å². The standard InChI is InChI=1S/C17H28N4OS/c1-5-23-12-14-6-8-18-16(10-14)19-17(22)21(4)15-7-9-20(3)11-13(15)2/h6,8,10,13,15H,5,7,9,11-12H2,1-4H3,(H,18,19,22)/t13-,15-/m0/s1. The van der Waals surface area contributed by atoms with Crippen molar-refractivity contribution < 1.29 is 4.79 Å². The van der Waals surface area contributed by atoms with Crippen LogP contribution in [0.2, 0.25) is 0 Å². The van der Waals surface area contributed by atoms with Gasteiger partial charge < -0.3 is 9.80 Å². The van der Waals surface area contributed by atoms with Crippen LogP contribution in [0.15, 0.2) is 18.3 Å². The van der Waals surface area contributed by atoms with Gasteiger partial charge in [-0.3, -0.25) is 5.32 Å². The maximum absolute atomic E-state index is 12.5. The van der Waals surface area contributed by atoms with Crippen LogP contribution >= 0.6 is 11.8 Å². The minimum Gasteiger partial charge on any atom is -0.324 e. The number of hydrogen-bond acceptors (Lipinski definition) is 4. The number of thioether (sulfide) groups is 1. The summed E-state index contributed by atoms with van der Waals surface area (Å²) in [7, 11) is 4.02. The molecule has 0 unspecified atom stereocenters. The molecular formula is C17H28N4OS. The quantitative estimate of drug-likeness (QED) is 0.897. The number of carbonyl (C=O) groups excluding carboxylic acids is 1. The number of likely N-dealkylation sites (tertiary alicyclic amines) is 1. The Morgan fingerprint density at radius 1 is 1.57 bits per heavy atom. The minimum absolute atomic E-state index is 0.0702. The summed E-state index contributed by atoms with van der Waals surface area (Å²) in [6.07, 6.45) is 2.78. The van der Waals surface area contributed by atoms with Crippen molar-refractivity contribution in [2.24, 2.45) is 5.92 Å². The van der Waals surface area contributed by atoms with E-state index in [1.165, 1.54) is 5.56 Å². The first-order valence-electron chi connectivity index (χ1n) is 8.26. The molecule has 0 spiro atoms. The van der Waals surface area contributed by atoms with E-state index in [2.05, 4.69) is 36.1 Å². The lowest BCUT2D eigenvalue weighted by Gasteiger charge is -2.39. The zero-order valence-corrected chi connectivity index (χ0v) is 15.4. The monoisotopic (exact) mass is 336 g/mol. The number of hydrogen-bond donors (Lipinski definition) is 1. The molecule has 1 aliphatic rings. The third-order valence-corrected chi connectivity index (χ3v) is 5.36. The molecule has 1 aliphatic heterocycles. The van der Waals surface area contributed by atoms with E-state index in [9.17, 15) is 4.79 Å². The highest BCUT2D eigenvalue weighted by atomic mass is 32.2. The van der Waals surface area contributed by atoms with Crippen LogP contribution < -0.4 is 5.32 Å². The minimum atomic E-state index is -0.0702. The number of nitrogens with zero attached hydrogens (tertiary/aromatic N) is 3. The highest BCUT2D eigenvalue weighted by molar-refractivity contribution is 7.98. The summed E-state index contributed by atoms with van der Waals surface area (Å²) in [6.45, 7) is 6.43. The number of rotatable bonds is 5. The number of piperidine rings is 1. The lowest BCUT2D eigenvalue weighted by atomic mass is 9.93. The van der Waals surface area contributed by atoms with Crippen molar-refractivity contribution in [3.05, 3.63) is 23.9 Å². The molecule has 2 atom stereocenters. The third kappa shape index (κ3) is 5.11. The molecule has 1 saturated heterocycles. The van der Waals surface area contributed by atoms with Gasteiger partial charge in [-0.05, 0) is 49.4 Å². The highest BCUT2D eigenvalue weighted by Gasteiger charge is 2.30. The maximum Gasteiger partial charge on any atom is 0.323 e. The second-order valence-electron chi connectivity index (χ2n) is 6.32. The Morgan fingerprint density at radius 3 is 3.04 bits per heavy atom. The molecule has 5 nitrogen and oxygen atoms in total. The highest BCUT2D eigenvalue weighted by Crippen LogP contribution is 2.21. The van der Waals surface area contributed by atoms with Crippen molar-refractivity contribution in [1.29, 1.82) is 0 Å². The lowest BCUT2D eigenvalue weighted by Crippen LogP contribution is -2.50. The van der Waals surface area contributed by atoms with Gasteiger partial charge >= 0.3 is 6.03 Å². The predicted octanol–water partition coefficient (Wildman–Crippen LogP) is 3.14. The van der Waals surface area contributed by atoms with Gasteiger partial charge in [-0.15, -0.1) is 0 Å².